The van der Waals surface area contributed by atoms with Crippen molar-refractivity contribution in [3.05, 3.63) is 87.8 Å². The van der Waals surface area contributed by atoms with Crippen LogP contribution in [0.5, 0.6) is 0 Å². The van der Waals surface area contributed by atoms with Crippen LogP contribution in [0.3, 0.4) is 0 Å². The highest BCUT2D eigenvalue weighted by molar-refractivity contribution is 5.29. The van der Waals surface area contributed by atoms with Crippen molar-refractivity contribution in [3.8, 4) is 0 Å². The van der Waals surface area contributed by atoms with Crippen molar-refractivity contribution in [2.45, 2.75) is 81.8 Å². The van der Waals surface area contributed by atoms with Crippen LogP contribution in [-0.4, -0.2) is 20.1 Å². The molecule has 0 aliphatic carbocycles. The fourth-order valence-corrected chi connectivity index (χ4v) is 2.97. The van der Waals surface area contributed by atoms with Crippen LogP contribution in [-0.2, 0) is 13.0 Å². The van der Waals surface area contributed by atoms with E-state index in [1.54, 1.807) is 12.4 Å². The molecule has 3 heterocycles. The third kappa shape index (κ3) is 11.4. The maximum absolute atomic E-state index is 8.87. The number of rotatable bonds is 2. The van der Waals surface area contributed by atoms with Crippen molar-refractivity contribution >= 4 is 0 Å². The second-order valence-corrected chi connectivity index (χ2v) is 7.76. The van der Waals surface area contributed by atoms with Crippen LogP contribution in [0.1, 0.15) is 71.7 Å². The summed E-state index contributed by atoms with van der Waals surface area (Å²) in [5.74, 6) is 0. The van der Waals surface area contributed by atoms with Gasteiger partial charge in [-0.3, -0.25) is 15.0 Å². The Morgan fingerprint density at radius 1 is 0.581 bits per heavy atom. The van der Waals surface area contributed by atoms with Crippen molar-refractivity contribution < 1.29 is 5.11 Å². The van der Waals surface area contributed by atoms with Crippen molar-refractivity contribution in [2.75, 3.05) is 0 Å². The molecule has 0 fully saturated rings. The van der Waals surface area contributed by atoms with E-state index in [-0.39, 0.29) is 6.61 Å². The summed E-state index contributed by atoms with van der Waals surface area (Å²) >= 11 is 0. The minimum Gasteiger partial charge on any atom is -0.392 e. The molecule has 170 valence electrons. The Morgan fingerprint density at radius 3 is 1.10 bits per heavy atom. The van der Waals surface area contributed by atoms with Crippen molar-refractivity contribution in [3.63, 3.8) is 0 Å². The SMILES string of the molecule is CCC.CCc1c(C)cncc1C.Cc1cncc(C)c1.Cc1cncc(C)c1CO. The molecule has 0 bridgehead atoms. The average molecular weight is 424 g/mol. The van der Waals surface area contributed by atoms with Gasteiger partial charge in [-0.2, -0.15) is 0 Å². The summed E-state index contributed by atoms with van der Waals surface area (Å²) in [6.45, 7) is 18.7. The molecule has 31 heavy (non-hydrogen) atoms. The van der Waals surface area contributed by atoms with E-state index in [0.29, 0.717) is 0 Å². The van der Waals surface area contributed by atoms with Gasteiger partial charge in [-0.25, -0.2) is 0 Å². The number of aryl methyl sites for hydroxylation is 6. The Bertz CT molecular complexity index is 782. The van der Waals surface area contributed by atoms with Crippen molar-refractivity contribution in [1.29, 1.82) is 0 Å². The molecule has 0 aliphatic rings. The van der Waals surface area contributed by atoms with Gasteiger partial charge in [-0.15, -0.1) is 0 Å². The van der Waals surface area contributed by atoms with E-state index in [2.05, 4.69) is 55.6 Å². The van der Waals surface area contributed by atoms with Crippen molar-refractivity contribution in [2.24, 2.45) is 0 Å². The van der Waals surface area contributed by atoms with E-state index >= 15 is 0 Å². The van der Waals surface area contributed by atoms with Gasteiger partial charge in [-0.1, -0.05) is 33.3 Å². The van der Waals surface area contributed by atoms with Gasteiger partial charge in [0.15, 0.2) is 0 Å². The second kappa shape index (κ2) is 16.1. The van der Waals surface area contributed by atoms with Crippen LogP contribution in [0.15, 0.2) is 43.2 Å². The predicted molar refractivity (Wildman–Crippen MR) is 132 cm³/mol. The molecule has 3 rings (SSSR count). The van der Waals surface area contributed by atoms with E-state index in [9.17, 15) is 0 Å². The molecule has 0 radical (unpaired) electrons. The Morgan fingerprint density at radius 2 is 0.903 bits per heavy atom. The van der Waals surface area contributed by atoms with Gasteiger partial charge in [0, 0.05) is 37.2 Å². The number of aliphatic hydroxyl groups is 1. The smallest absolute Gasteiger partial charge is 0.0688 e. The lowest BCUT2D eigenvalue weighted by molar-refractivity contribution is 0.280. The number of hydrogen-bond acceptors (Lipinski definition) is 4. The van der Waals surface area contributed by atoms with Crippen molar-refractivity contribution in [1.82, 2.24) is 15.0 Å². The summed E-state index contributed by atoms with van der Waals surface area (Å²) in [5.41, 5.74) is 9.62. The average Bonchev–Trinajstić information content (AvgIpc) is 2.70. The maximum Gasteiger partial charge on any atom is 0.0688 e. The van der Waals surface area contributed by atoms with Gasteiger partial charge < -0.3 is 5.11 Å². The summed E-state index contributed by atoms with van der Waals surface area (Å²) in [4.78, 5) is 12.1. The Kier molecular flexibility index (Phi) is 14.8. The molecule has 4 heteroatoms. The van der Waals surface area contributed by atoms with E-state index in [1.807, 2.05) is 52.5 Å². The minimum atomic E-state index is 0.111. The van der Waals surface area contributed by atoms with Gasteiger partial charge in [-0.05, 0) is 92.5 Å². The topological polar surface area (TPSA) is 58.9 Å². The molecule has 1 N–H and O–H groups in total. The molecule has 3 aromatic heterocycles. The molecule has 3 aromatic rings. The highest BCUT2D eigenvalue weighted by Gasteiger charge is 1.99. The highest BCUT2D eigenvalue weighted by Crippen LogP contribution is 2.11. The number of hydrogen-bond donors (Lipinski definition) is 1. The summed E-state index contributed by atoms with van der Waals surface area (Å²) in [6.07, 6.45) is 13.4. The molecule has 0 amide bonds. The van der Waals surface area contributed by atoms with E-state index in [1.165, 1.54) is 34.2 Å². The third-order valence-electron chi connectivity index (χ3n) is 4.50. The summed E-state index contributed by atoms with van der Waals surface area (Å²) in [7, 11) is 0. The molecule has 0 saturated heterocycles. The zero-order valence-corrected chi connectivity index (χ0v) is 21.0. The quantitative estimate of drug-likeness (QED) is 0.506. The van der Waals surface area contributed by atoms with E-state index in [4.69, 9.17) is 5.11 Å². The molecule has 0 atom stereocenters. The van der Waals surface area contributed by atoms with Crippen LogP contribution in [0.25, 0.3) is 0 Å². The molecule has 0 spiro atoms. The molecular formula is C27H41N3O. The minimum absolute atomic E-state index is 0.111. The largest absolute Gasteiger partial charge is 0.392 e. The Balaban J connectivity index is 0.000000411. The van der Waals surface area contributed by atoms with Gasteiger partial charge in [0.25, 0.3) is 0 Å². The molecule has 4 nitrogen and oxygen atoms in total. The fourth-order valence-electron chi connectivity index (χ4n) is 2.97. The lowest BCUT2D eigenvalue weighted by Crippen LogP contribution is -1.93. The van der Waals surface area contributed by atoms with E-state index in [0.717, 1.165) is 23.1 Å². The number of nitrogens with zero attached hydrogens (tertiary/aromatic N) is 3. The lowest BCUT2D eigenvalue weighted by Gasteiger charge is -2.04. The fraction of sp³-hybridized carbons (Fsp3) is 0.444. The summed E-state index contributed by atoms with van der Waals surface area (Å²) in [5, 5.41) is 8.87. The molecule has 0 unspecified atom stereocenters. The van der Waals surface area contributed by atoms with Crippen LogP contribution < -0.4 is 0 Å². The zero-order chi connectivity index (χ0) is 23.8. The number of aliphatic hydroxyl groups excluding tert-OH is 1. The summed E-state index contributed by atoms with van der Waals surface area (Å²) in [6, 6.07) is 2.10. The normalized spacial score (nSPS) is 9.35. The first-order valence-corrected chi connectivity index (χ1v) is 11.0. The molecule has 0 saturated carbocycles. The Hall–Kier alpha value is -2.59. The van der Waals surface area contributed by atoms with E-state index < -0.39 is 0 Å². The zero-order valence-electron chi connectivity index (χ0n) is 21.0. The van der Waals surface area contributed by atoms with Crippen LogP contribution in [0.4, 0.5) is 0 Å². The first-order chi connectivity index (χ1) is 14.7. The first-order valence-electron chi connectivity index (χ1n) is 11.0. The summed E-state index contributed by atoms with van der Waals surface area (Å²) < 4.78 is 0. The lowest BCUT2D eigenvalue weighted by atomic mass is 10.0. The molecule has 0 aromatic carbocycles. The van der Waals surface area contributed by atoms with Gasteiger partial charge in [0.1, 0.15) is 0 Å². The van der Waals surface area contributed by atoms with Crippen LogP contribution in [0, 0.1) is 41.5 Å². The van der Waals surface area contributed by atoms with Gasteiger partial charge >= 0.3 is 0 Å². The maximum atomic E-state index is 8.87. The molecular weight excluding hydrogens is 382 g/mol. The van der Waals surface area contributed by atoms with Gasteiger partial charge in [0.2, 0.25) is 0 Å². The van der Waals surface area contributed by atoms with Gasteiger partial charge in [0.05, 0.1) is 6.61 Å². The number of pyridine rings is 3. The van der Waals surface area contributed by atoms with Crippen LogP contribution >= 0.6 is 0 Å². The standard InChI is InChI=1S/C9H13N.C8H11NO.C7H9N.C3H8/c1-4-9-7(2)5-10-6-8(9)3;1-6-3-9-4-7(2)8(6)5-10;1-6-3-7(2)5-8-4-6;1-3-2/h5-6H,4H2,1-3H3;3-4,10H,5H2,1-2H3;3-5H,1-2H3;3H2,1-2H3. The Labute approximate surface area is 189 Å². The van der Waals surface area contributed by atoms with Crippen LogP contribution in [0.2, 0.25) is 0 Å². The predicted octanol–water partition coefficient (Wildman–Crippen LogP) is 6.57. The first kappa shape index (κ1) is 28.4. The highest BCUT2D eigenvalue weighted by atomic mass is 16.3. The second-order valence-electron chi connectivity index (χ2n) is 7.76. The third-order valence-corrected chi connectivity index (χ3v) is 4.50. The number of aromatic nitrogens is 3. The molecule has 0 aliphatic heterocycles. The monoisotopic (exact) mass is 423 g/mol.